The average Bonchev–Trinajstić information content (AvgIpc) is 2.80. The van der Waals surface area contributed by atoms with Gasteiger partial charge in [0.05, 0.1) is 0 Å². The van der Waals surface area contributed by atoms with E-state index in [1.165, 1.54) is 23.1 Å². The molecule has 1 saturated carbocycles. The molecule has 1 nitrogen and oxygen atoms in total. The highest BCUT2D eigenvalue weighted by Crippen LogP contribution is 2.43. The van der Waals surface area contributed by atoms with Gasteiger partial charge in [0.25, 0.3) is 0 Å². The predicted octanol–water partition coefficient (Wildman–Crippen LogP) is 6.31. The topological polar surface area (TPSA) is 20.2 Å². The Kier molecular flexibility index (Phi) is 4.56. The van der Waals surface area contributed by atoms with Crippen LogP contribution in [-0.2, 0) is 0 Å². The van der Waals surface area contributed by atoms with Crippen molar-refractivity contribution in [1.29, 1.82) is 0 Å². The van der Waals surface area contributed by atoms with Crippen LogP contribution in [0.3, 0.4) is 0 Å². The molecule has 1 heteroatoms. The van der Waals surface area contributed by atoms with Gasteiger partial charge in [-0.3, -0.25) is 0 Å². The van der Waals surface area contributed by atoms with Crippen LogP contribution in [0.25, 0.3) is 11.6 Å². The molecule has 0 heterocycles. The third kappa shape index (κ3) is 2.93. The molecular formula is C22H26O. The van der Waals surface area contributed by atoms with Crippen molar-refractivity contribution in [2.24, 2.45) is 11.8 Å². The van der Waals surface area contributed by atoms with Crippen molar-refractivity contribution in [3.05, 3.63) is 70.5 Å². The maximum atomic E-state index is 10.7. The fourth-order valence-corrected chi connectivity index (χ4v) is 3.85. The molecular weight excluding hydrogens is 280 g/mol. The maximum Gasteiger partial charge on any atom is 0.119 e. The van der Waals surface area contributed by atoms with Crippen LogP contribution < -0.4 is 0 Å². The first kappa shape index (κ1) is 15.9. The van der Waals surface area contributed by atoms with Gasteiger partial charge in [-0.05, 0) is 41.5 Å². The predicted molar refractivity (Wildman–Crippen MR) is 99.0 cm³/mol. The van der Waals surface area contributed by atoms with Gasteiger partial charge in [0, 0.05) is 17.9 Å². The molecule has 2 atom stereocenters. The average molecular weight is 306 g/mol. The zero-order valence-corrected chi connectivity index (χ0v) is 14.3. The van der Waals surface area contributed by atoms with Crippen LogP contribution in [0, 0.1) is 11.8 Å². The van der Waals surface area contributed by atoms with E-state index in [4.69, 9.17) is 0 Å². The summed E-state index contributed by atoms with van der Waals surface area (Å²) in [7, 11) is 0. The summed E-state index contributed by atoms with van der Waals surface area (Å²) >= 11 is 0. The third-order valence-electron chi connectivity index (χ3n) is 5.10. The lowest BCUT2D eigenvalue weighted by Crippen LogP contribution is -2.06. The van der Waals surface area contributed by atoms with Crippen molar-refractivity contribution in [2.45, 2.75) is 40.0 Å². The standard InChI is InChI=1S/C20H20O.C2H6/c1-13-6-8-16-12-20(21)19-11-14(10-18(13)16)7-9-15-4-2-3-5-17(15)19;1-2/h2-5,7,9-10,12-13,18,21H,6,8,11H2,1H3;1-2H3/b14-10?,16-12-,20-19-;. The summed E-state index contributed by atoms with van der Waals surface area (Å²) in [5.41, 5.74) is 6.14. The van der Waals surface area contributed by atoms with Crippen molar-refractivity contribution < 1.29 is 5.11 Å². The van der Waals surface area contributed by atoms with E-state index in [2.05, 4.69) is 43.4 Å². The van der Waals surface area contributed by atoms with E-state index in [9.17, 15) is 5.11 Å². The normalized spacial score (nSPS) is 30.4. The van der Waals surface area contributed by atoms with Gasteiger partial charge in [0.2, 0.25) is 0 Å². The van der Waals surface area contributed by atoms with Crippen molar-refractivity contribution in [2.75, 3.05) is 0 Å². The monoisotopic (exact) mass is 306 g/mol. The Hall–Kier alpha value is -2.02. The number of rotatable bonds is 0. The molecule has 0 amide bonds. The number of allylic oxidation sites excluding steroid dienone is 6. The van der Waals surface area contributed by atoms with Crippen LogP contribution in [0.5, 0.6) is 0 Å². The summed E-state index contributed by atoms with van der Waals surface area (Å²) in [6, 6.07) is 8.34. The van der Waals surface area contributed by atoms with Crippen LogP contribution in [0.4, 0.5) is 0 Å². The van der Waals surface area contributed by atoms with Crippen molar-refractivity contribution in [1.82, 2.24) is 0 Å². The molecule has 0 aromatic heterocycles. The largest absolute Gasteiger partial charge is 0.508 e. The number of hydrogen-bond acceptors (Lipinski definition) is 1. The first-order valence-electron chi connectivity index (χ1n) is 8.83. The van der Waals surface area contributed by atoms with E-state index in [1.807, 2.05) is 26.0 Å². The van der Waals surface area contributed by atoms with Gasteiger partial charge in [-0.25, -0.2) is 0 Å². The molecule has 23 heavy (non-hydrogen) atoms. The zero-order chi connectivity index (χ0) is 16.4. The fraction of sp³-hybridized carbons (Fsp3) is 0.364. The van der Waals surface area contributed by atoms with Crippen LogP contribution in [0.1, 0.15) is 51.2 Å². The summed E-state index contributed by atoms with van der Waals surface area (Å²) < 4.78 is 0. The summed E-state index contributed by atoms with van der Waals surface area (Å²) in [4.78, 5) is 0. The first-order valence-corrected chi connectivity index (χ1v) is 8.83. The molecule has 0 saturated heterocycles. The molecule has 3 aliphatic carbocycles. The Morgan fingerprint density at radius 1 is 1.09 bits per heavy atom. The molecule has 4 rings (SSSR count). The van der Waals surface area contributed by atoms with E-state index >= 15 is 0 Å². The number of fused-ring (bicyclic) bond motifs is 5. The van der Waals surface area contributed by atoms with Crippen molar-refractivity contribution in [3.63, 3.8) is 0 Å². The lowest BCUT2D eigenvalue weighted by Gasteiger charge is -2.19. The van der Waals surface area contributed by atoms with Crippen molar-refractivity contribution in [3.8, 4) is 0 Å². The molecule has 1 aromatic rings. The number of benzene rings is 1. The minimum absolute atomic E-state index is 0.464. The molecule has 0 radical (unpaired) electrons. The lowest BCUT2D eigenvalue weighted by atomic mass is 9.87. The van der Waals surface area contributed by atoms with Gasteiger partial charge < -0.3 is 5.11 Å². The first-order chi connectivity index (χ1) is 11.2. The highest BCUT2D eigenvalue weighted by molar-refractivity contribution is 5.81. The highest BCUT2D eigenvalue weighted by Gasteiger charge is 2.29. The molecule has 1 N–H and O–H groups in total. The Morgan fingerprint density at radius 2 is 1.87 bits per heavy atom. The number of aliphatic hydroxyl groups is 1. The Labute approximate surface area is 139 Å². The van der Waals surface area contributed by atoms with Gasteiger partial charge in [-0.2, -0.15) is 0 Å². The summed E-state index contributed by atoms with van der Waals surface area (Å²) in [6.45, 7) is 6.32. The second-order valence-corrected chi connectivity index (χ2v) is 6.46. The minimum Gasteiger partial charge on any atom is -0.508 e. The highest BCUT2D eigenvalue weighted by atomic mass is 16.3. The second kappa shape index (κ2) is 6.62. The molecule has 2 bridgehead atoms. The summed E-state index contributed by atoms with van der Waals surface area (Å²) in [5, 5.41) is 10.7. The van der Waals surface area contributed by atoms with Gasteiger partial charge in [-0.15, -0.1) is 0 Å². The van der Waals surface area contributed by atoms with Crippen LogP contribution in [0.15, 0.2) is 59.4 Å². The molecule has 1 fully saturated rings. The Balaban J connectivity index is 0.000000753. The van der Waals surface area contributed by atoms with Gasteiger partial charge >= 0.3 is 0 Å². The Bertz CT molecular complexity index is 715. The van der Waals surface area contributed by atoms with Crippen molar-refractivity contribution >= 4 is 11.6 Å². The van der Waals surface area contributed by atoms with Crippen LogP contribution >= 0.6 is 0 Å². The Morgan fingerprint density at radius 3 is 2.70 bits per heavy atom. The smallest absolute Gasteiger partial charge is 0.119 e. The molecule has 2 unspecified atom stereocenters. The van der Waals surface area contributed by atoms with Crippen LogP contribution in [-0.4, -0.2) is 5.11 Å². The lowest BCUT2D eigenvalue weighted by molar-refractivity contribution is 0.431. The van der Waals surface area contributed by atoms with Crippen LogP contribution in [0.2, 0.25) is 0 Å². The van der Waals surface area contributed by atoms with Gasteiger partial charge in [0.1, 0.15) is 5.76 Å². The molecule has 120 valence electrons. The zero-order valence-electron chi connectivity index (χ0n) is 14.3. The van der Waals surface area contributed by atoms with E-state index in [0.717, 1.165) is 24.0 Å². The van der Waals surface area contributed by atoms with E-state index in [0.29, 0.717) is 17.6 Å². The van der Waals surface area contributed by atoms with Gasteiger partial charge in [-0.1, -0.05) is 68.8 Å². The van der Waals surface area contributed by atoms with Gasteiger partial charge in [0.15, 0.2) is 0 Å². The molecule has 1 aromatic carbocycles. The molecule has 0 aliphatic heterocycles. The van der Waals surface area contributed by atoms with E-state index in [1.54, 1.807) is 0 Å². The fourth-order valence-electron chi connectivity index (χ4n) is 3.85. The quantitative estimate of drug-likeness (QED) is 0.595. The molecule has 0 spiro atoms. The summed E-state index contributed by atoms with van der Waals surface area (Å²) in [6.07, 6.45) is 12.0. The number of aliphatic hydroxyl groups excluding tert-OH is 1. The summed E-state index contributed by atoms with van der Waals surface area (Å²) in [5.74, 6) is 1.64. The molecule has 3 aliphatic rings. The SMILES string of the molecule is CC.CC1CC/C2=C/C(O)=C3\CC(=CC21)C=Cc1ccccc13. The van der Waals surface area contributed by atoms with E-state index in [-0.39, 0.29) is 0 Å². The third-order valence-corrected chi connectivity index (χ3v) is 5.10. The number of hydrogen-bond donors (Lipinski definition) is 1. The van der Waals surface area contributed by atoms with E-state index < -0.39 is 0 Å². The second-order valence-electron chi connectivity index (χ2n) is 6.46. The minimum atomic E-state index is 0.464. The maximum absolute atomic E-state index is 10.7.